The van der Waals surface area contributed by atoms with Crippen molar-refractivity contribution in [3.8, 4) is 5.75 Å². The maximum Gasteiger partial charge on any atom is 0.176 e. The van der Waals surface area contributed by atoms with Crippen molar-refractivity contribution in [2.45, 2.75) is 19.5 Å². The Morgan fingerprint density at radius 1 is 1.47 bits per heavy atom. The highest BCUT2D eigenvalue weighted by Gasteiger charge is 2.10. The molecule has 0 saturated heterocycles. The molecule has 2 unspecified atom stereocenters. The van der Waals surface area contributed by atoms with E-state index in [0.717, 1.165) is 22.5 Å². The van der Waals surface area contributed by atoms with E-state index in [9.17, 15) is 4.21 Å². The first-order valence-corrected chi connectivity index (χ1v) is 7.91. The van der Waals surface area contributed by atoms with Crippen molar-refractivity contribution in [1.29, 1.82) is 0 Å². The molecule has 5 heteroatoms. The molecular weight excluding hydrogens is 262 g/mol. The highest BCUT2D eigenvalue weighted by molar-refractivity contribution is 7.84. The summed E-state index contributed by atoms with van der Waals surface area (Å²) in [6.45, 7) is 2.64. The lowest BCUT2D eigenvalue weighted by Gasteiger charge is -2.10. The maximum absolute atomic E-state index is 11.1. The van der Waals surface area contributed by atoms with Gasteiger partial charge in [-0.25, -0.2) is 0 Å². The van der Waals surface area contributed by atoms with E-state index in [2.05, 4.69) is 5.32 Å². The van der Waals surface area contributed by atoms with Gasteiger partial charge in [0.2, 0.25) is 0 Å². The Bertz CT molecular complexity index is 579. The quantitative estimate of drug-likeness (QED) is 0.882. The van der Waals surface area contributed by atoms with Gasteiger partial charge in [-0.05, 0) is 19.1 Å². The summed E-state index contributed by atoms with van der Waals surface area (Å²) in [5, 5.41) is 4.33. The molecule has 19 heavy (non-hydrogen) atoms. The highest BCUT2D eigenvalue weighted by Crippen LogP contribution is 2.28. The van der Waals surface area contributed by atoms with Gasteiger partial charge in [-0.15, -0.1) is 0 Å². The van der Waals surface area contributed by atoms with Gasteiger partial charge >= 0.3 is 0 Å². The fourth-order valence-electron chi connectivity index (χ4n) is 2.02. The van der Waals surface area contributed by atoms with Gasteiger partial charge in [0.15, 0.2) is 11.3 Å². The van der Waals surface area contributed by atoms with Crippen molar-refractivity contribution >= 4 is 21.8 Å². The number of nitrogens with one attached hydrogen (secondary N) is 1. The molecule has 0 spiro atoms. The first-order chi connectivity index (χ1) is 9.10. The molecule has 0 aliphatic heterocycles. The van der Waals surface area contributed by atoms with Crippen LogP contribution in [0.4, 0.5) is 0 Å². The molecule has 2 rings (SSSR count). The van der Waals surface area contributed by atoms with Crippen LogP contribution >= 0.6 is 0 Å². The van der Waals surface area contributed by atoms with Gasteiger partial charge in [0.25, 0.3) is 0 Å². The van der Waals surface area contributed by atoms with Gasteiger partial charge in [-0.3, -0.25) is 4.21 Å². The van der Waals surface area contributed by atoms with Crippen LogP contribution in [0.2, 0.25) is 0 Å². The summed E-state index contributed by atoms with van der Waals surface area (Å²) in [6, 6.07) is 8.01. The lowest BCUT2D eigenvalue weighted by atomic mass is 10.2. The second-order valence-corrected chi connectivity index (χ2v) is 6.09. The van der Waals surface area contributed by atoms with Crippen LogP contribution in [-0.2, 0) is 17.3 Å². The smallest absolute Gasteiger partial charge is 0.176 e. The zero-order chi connectivity index (χ0) is 13.8. The molecule has 0 fully saturated rings. The molecule has 0 aliphatic carbocycles. The van der Waals surface area contributed by atoms with Crippen LogP contribution in [-0.4, -0.2) is 29.4 Å². The van der Waals surface area contributed by atoms with Gasteiger partial charge in [-0.1, -0.05) is 12.1 Å². The molecule has 1 heterocycles. The van der Waals surface area contributed by atoms with Crippen LogP contribution in [0, 0.1) is 0 Å². The Hall–Kier alpha value is -1.33. The van der Waals surface area contributed by atoms with E-state index in [1.54, 1.807) is 13.4 Å². The van der Waals surface area contributed by atoms with Crippen molar-refractivity contribution in [3.63, 3.8) is 0 Å². The predicted molar refractivity (Wildman–Crippen MR) is 78.0 cm³/mol. The normalized spacial score (nSPS) is 14.5. The number of hydrogen-bond donors (Lipinski definition) is 1. The van der Waals surface area contributed by atoms with Crippen LogP contribution in [0.1, 0.15) is 12.7 Å². The van der Waals surface area contributed by atoms with Crippen LogP contribution in [0.25, 0.3) is 11.0 Å². The number of hydrogen-bond acceptors (Lipinski definition) is 4. The lowest BCUT2D eigenvalue weighted by Crippen LogP contribution is -2.30. The lowest BCUT2D eigenvalue weighted by molar-refractivity contribution is 0.405. The Balaban J connectivity index is 2.07. The molecule has 104 valence electrons. The molecule has 0 radical (unpaired) electrons. The van der Waals surface area contributed by atoms with Gasteiger partial charge in [0, 0.05) is 34.2 Å². The summed E-state index contributed by atoms with van der Waals surface area (Å²) >= 11 is 0. The van der Waals surface area contributed by atoms with E-state index in [1.165, 1.54) is 0 Å². The number of furan rings is 1. The molecule has 1 N–H and O–H groups in total. The van der Waals surface area contributed by atoms with Crippen molar-refractivity contribution in [3.05, 3.63) is 30.0 Å². The molecule has 4 nitrogen and oxygen atoms in total. The third-order valence-electron chi connectivity index (χ3n) is 2.89. The number of fused-ring (bicyclic) bond motifs is 1. The average molecular weight is 281 g/mol. The largest absolute Gasteiger partial charge is 0.493 e. The Kier molecular flexibility index (Phi) is 4.61. The third kappa shape index (κ3) is 3.58. The molecule has 0 aliphatic rings. The monoisotopic (exact) mass is 281 g/mol. The fraction of sp³-hybridized carbons (Fsp3) is 0.429. The van der Waals surface area contributed by atoms with Crippen LogP contribution in [0.3, 0.4) is 0 Å². The summed E-state index contributed by atoms with van der Waals surface area (Å²) in [5.41, 5.74) is 0.772. The SMILES string of the molecule is COc1cccc2cc(CNC(C)CS(C)=O)oc12. The maximum atomic E-state index is 11.1. The van der Waals surface area contributed by atoms with Crippen LogP contribution in [0.5, 0.6) is 5.75 Å². The molecule has 0 bridgehead atoms. The second kappa shape index (κ2) is 6.21. The summed E-state index contributed by atoms with van der Waals surface area (Å²) in [6.07, 6.45) is 1.71. The molecule has 0 amide bonds. The zero-order valence-electron chi connectivity index (χ0n) is 11.4. The minimum atomic E-state index is -0.786. The van der Waals surface area contributed by atoms with Crippen molar-refractivity contribution in [2.75, 3.05) is 19.1 Å². The minimum absolute atomic E-state index is 0.195. The molecule has 2 atom stereocenters. The number of para-hydroxylation sites is 1. The summed E-state index contributed by atoms with van der Waals surface area (Å²) in [5.74, 6) is 2.24. The summed E-state index contributed by atoms with van der Waals surface area (Å²) < 4.78 is 22.2. The average Bonchev–Trinajstić information content (AvgIpc) is 2.78. The van der Waals surface area contributed by atoms with E-state index >= 15 is 0 Å². The summed E-state index contributed by atoms with van der Waals surface area (Å²) in [4.78, 5) is 0. The second-order valence-electron chi connectivity index (χ2n) is 4.61. The first kappa shape index (κ1) is 14.1. The van der Waals surface area contributed by atoms with E-state index < -0.39 is 10.8 Å². The zero-order valence-corrected chi connectivity index (χ0v) is 12.3. The van der Waals surface area contributed by atoms with Crippen molar-refractivity contribution in [2.24, 2.45) is 0 Å². The molecule has 1 aromatic heterocycles. The number of methoxy groups -OCH3 is 1. The Labute approximate surface area is 115 Å². The van der Waals surface area contributed by atoms with Gasteiger partial charge in [-0.2, -0.15) is 0 Å². The first-order valence-electron chi connectivity index (χ1n) is 6.19. The van der Waals surface area contributed by atoms with E-state index in [-0.39, 0.29) is 6.04 Å². The number of rotatable bonds is 6. The van der Waals surface area contributed by atoms with E-state index in [4.69, 9.17) is 9.15 Å². The standard InChI is InChI=1S/C14H19NO3S/c1-10(9-19(3)16)15-8-12-7-11-5-4-6-13(17-2)14(11)18-12/h4-7,10,15H,8-9H2,1-3H3. The third-order valence-corrected chi connectivity index (χ3v) is 3.86. The molecule has 1 aromatic carbocycles. The number of ether oxygens (including phenoxy) is 1. The van der Waals surface area contributed by atoms with Gasteiger partial charge in [0.1, 0.15) is 5.76 Å². The van der Waals surface area contributed by atoms with Gasteiger partial charge in [0.05, 0.1) is 13.7 Å². The van der Waals surface area contributed by atoms with E-state index in [1.807, 2.05) is 31.2 Å². The van der Waals surface area contributed by atoms with Crippen molar-refractivity contribution < 1.29 is 13.4 Å². The molecule has 0 saturated carbocycles. The van der Waals surface area contributed by atoms with Crippen LogP contribution in [0.15, 0.2) is 28.7 Å². The number of benzene rings is 1. The fourth-order valence-corrected chi connectivity index (χ4v) is 2.85. The van der Waals surface area contributed by atoms with Crippen molar-refractivity contribution in [1.82, 2.24) is 5.32 Å². The minimum Gasteiger partial charge on any atom is -0.493 e. The molecule has 2 aromatic rings. The van der Waals surface area contributed by atoms with Crippen LogP contribution < -0.4 is 10.1 Å². The Morgan fingerprint density at radius 2 is 2.26 bits per heavy atom. The predicted octanol–water partition coefficient (Wildman–Crippen LogP) is 2.30. The highest BCUT2D eigenvalue weighted by atomic mass is 32.2. The molecular formula is C14H19NO3S. The van der Waals surface area contributed by atoms with Gasteiger partial charge < -0.3 is 14.5 Å². The topological polar surface area (TPSA) is 51.5 Å². The van der Waals surface area contributed by atoms with E-state index in [0.29, 0.717) is 12.3 Å². The summed E-state index contributed by atoms with van der Waals surface area (Å²) in [7, 11) is 0.846. The Morgan fingerprint density at radius 3 is 2.95 bits per heavy atom.